The molecule has 4 heteroatoms. The third-order valence-corrected chi connectivity index (χ3v) is 2.78. The largest absolute Gasteiger partial charge is 0.496 e. The van der Waals surface area contributed by atoms with Gasteiger partial charge in [0.05, 0.1) is 17.6 Å². The maximum absolute atomic E-state index is 6.08. The second-order valence-electron chi connectivity index (χ2n) is 3.35. The van der Waals surface area contributed by atoms with Crippen LogP contribution in [0.2, 0.25) is 5.02 Å². The molecule has 0 bridgehead atoms. The molecule has 1 aromatic carbocycles. The molecule has 0 aliphatic rings. The van der Waals surface area contributed by atoms with Gasteiger partial charge >= 0.3 is 0 Å². The van der Waals surface area contributed by atoms with Crippen LogP contribution in [-0.4, -0.2) is 18.6 Å². The second-order valence-corrected chi connectivity index (χ2v) is 3.76. The van der Waals surface area contributed by atoms with Gasteiger partial charge in [-0.3, -0.25) is 0 Å². The van der Waals surface area contributed by atoms with Crippen molar-refractivity contribution >= 4 is 22.5 Å². The van der Waals surface area contributed by atoms with Gasteiger partial charge in [-0.15, -0.1) is 0 Å². The fourth-order valence-corrected chi connectivity index (χ4v) is 1.98. The Hall–Kier alpha value is -1.19. The molecule has 0 atom stereocenters. The highest BCUT2D eigenvalue weighted by molar-refractivity contribution is 6.35. The number of rotatable bonds is 3. The summed E-state index contributed by atoms with van der Waals surface area (Å²) in [7, 11) is 1.65. The maximum atomic E-state index is 6.08. The van der Waals surface area contributed by atoms with E-state index in [1.54, 1.807) is 7.11 Å². The lowest BCUT2D eigenvalue weighted by Crippen LogP contribution is -2.02. The van der Waals surface area contributed by atoms with E-state index in [0.29, 0.717) is 11.6 Å². The molecule has 0 saturated carbocycles. The number of ether oxygens (including phenoxy) is 1. The van der Waals surface area contributed by atoms with Gasteiger partial charge in [0.25, 0.3) is 0 Å². The molecule has 0 amide bonds. The Bertz CT molecular complexity index is 479. The molecule has 3 N–H and O–H groups in total. The molecule has 0 spiro atoms. The van der Waals surface area contributed by atoms with E-state index >= 15 is 0 Å². The van der Waals surface area contributed by atoms with Gasteiger partial charge in [-0.2, -0.15) is 0 Å². The zero-order chi connectivity index (χ0) is 10.8. The summed E-state index contributed by atoms with van der Waals surface area (Å²) in [6.45, 7) is 0.614. The first-order chi connectivity index (χ1) is 7.27. The first-order valence-electron chi connectivity index (χ1n) is 4.80. The molecule has 2 aromatic rings. The number of H-pyrrole nitrogens is 1. The quantitative estimate of drug-likeness (QED) is 0.841. The van der Waals surface area contributed by atoms with Gasteiger partial charge in [-0.1, -0.05) is 11.6 Å². The van der Waals surface area contributed by atoms with Crippen LogP contribution in [0.1, 0.15) is 5.56 Å². The Kier molecular flexibility index (Phi) is 2.84. The van der Waals surface area contributed by atoms with Crippen LogP contribution in [0.15, 0.2) is 18.3 Å². The molecule has 0 radical (unpaired) electrons. The number of halogens is 1. The molecule has 80 valence electrons. The third-order valence-electron chi connectivity index (χ3n) is 2.46. The van der Waals surface area contributed by atoms with Crippen LogP contribution < -0.4 is 10.5 Å². The molecule has 1 aromatic heterocycles. The molecular formula is C11H13ClN2O. The number of nitrogens with two attached hydrogens (primary N) is 1. The Labute approximate surface area is 93.2 Å². The summed E-state index contributed by atoms with van der Waals surface area (Å²) in [6.07, 6.45) is 2.75. The highest BCUT2D eigenvalue weighted by atomic mass is 35.5. The first kappa shape index (κ1) is 10.3. The summed E-state index contributed by atoms with van der Waals surface area (Å²) in [5.74, 6) is 0.833. The van der Waals surface area contributed by atoms with Crippen LogP contribution in [0, 0.1) is 0 Å². The van der Waals surface area contributed by atoms with Crippen molar-refractivity contribution in [1.29, 1.82) is 0 Å². The average Bonchev–Trinajstić information content (AvgIpc) is 2.65. The predicted octanol–water partition coefficient (Wildman–Crippen LogP) is 2.33. The molecule has 1 heterocycles. The second kappa shape index (κ2) is 4.13. The SMILES string of the molecule is COc1ccc(Cl)c2[nH]cc(CCN)c12. The van der Waals surface area contributed by atoms with Crippen LogP contribution in [0.25, 0.3) is 10.9 Å². The van der Waals surface area contributed by atoms with E-state index in [2.05, 4.69) is 4.98 Å². The number of aromatic amines is 1. The molecule has 15 heavy (non-hydrogen) atoms. The normalized spacial score (nSPS) is 10.9. The average molecular weight is 225 g/mol. The molecule has 3 nitrogen and oxygen atoms in total. The Morgan fingerprint density at radius 2 is 2.27 bits per heavy atom. The lowest BCUT2D eigenvalue weighted by atomic mass is 10.1. The van der Waals surface area contributed by atoms with Crippen LogP contribution in [0.5, 0.6) is 5.75 Å². The number of methoxy groups -OCH3 is 1. The van der Waals surface area contributed by atoms with Gasteiger partial charge in [0, 0.05) is 11.6 Å². The zero-order valence-corrected chi connectivity index (χ0v) is 9.27. The lowest BCUT2D eigenvalue weighted by Gasteiger charge is -2.05. The minimum Gasteiger partial charge on any atom is -0.496 e. The first-order valence-corrected chi connectivity index (χ1v) is 5.18. The topological polar surface area (TPSA) is 51.0 Å². The van der Waals surface area contributed by atoms with Gasteiger partial charge in [0.2, 0.25) is 0 Å². The maximum Gasteiger partial charge on any atom is 0.128 e. The zero-order valence-electron chi connectivity index (χ0n) is 8.51. The summed E-state index contributed by atoms with van der Waals surface area (Å²) in [5, 5.41) is 1.74. The lowest BCUT2D eigenvalue weighted by molar-refractivity contribution is 0.419. The van der Waals surface area contributed by atoms with Gasteiger partial charge < -0.3 is 15.5 Å². The summed E-state index contributed by atoms with van der Waals surface area (Å²) in [5.41, 5.74) is 7.61. The molecule has 0 aliphatic heterocycles. The van der Waals surface area contributed by atoms with E-state index in [1.165, 1.54) is 0 Å². The highest BCUT2D eigenvalue weighted by Gasteiger charge is 2.11. The monoisotopic (exact) mass is 224 g/mol. The predicted molar refractivity (Wildman–Crippen MR) is 62.6 cm³/mol. The van der Waals surface area contributed by atoms with Gasteiger partial charge in [0.15, 0.2) is 0 Å². The number of nitrogens with one attached hydrogen (secondary N) is 1. The highest BCUT2D eigenvalue weighted by Crippen LogP contribution is 2.33. The number of hydrogen-bond acceptors (Lipinski definition) is 2. The standard InChI is InChI=1S/C11H13ClN2O/c1-15-9-3-2-8(12)11-10(9)7(4-5-13)6-14-11/h2-3,6,14H,4-5,13H2,1H3. The number of aromatic nitrogens is 1. The fraction of sp³-hybridized carbons (Fsp3) is 0.273. The van der Waals surface area contributed by atoms with Crippen molar-refractivity contribution in [1.82, 2.24) is 4.98 Å². The molecule has 2 rings (SSSR count). The Morgan fingerprint density at radius 1 is 1.47 bits per heavy atom. The smallest absolute Gasteiger partial charge is 0.128 e. The molecular weight excluding hydrogens is 212 g/mol. The van der Waals surface area contributed by atoms with Crippen LogP contribution in [0.4, 0.5) is 0 Å². The van der Waals surface area contributed by atoms with Crippen LogP contribution >= 0.6 is 11.6 Å². The molecule has 0 saturated heterocycles. The summed E-state index contributed by atoms with van der Waals surface area (Å²) < 4.78 is 5.31. The van der Waals surface area contributed by atoms with Crippen molar-refractivity contribution in [2.45, 2.75) is 6.42 Å². The number of benzene rings is 1. The fourth-order valence-electron chi connectivity index (χ4n) is 1.77. The van der Waals surface area contributed by atoms with Crippen molar-refractivity contribution in [3.8, 4) is 5.75 Å². The van der Waals surface area contributed by atoms with E-state index < -0.39 is 0 Å². The van der Waals surface area contributed by atoms with Gasteiger partial charge in [0.1, 0.15) is 5.75 Å². The van der Waals surface area contributed by atoms with Gasteiger partial charge in [-0.25, -0.2) is 0 Å². The third kappa shape index (κ3) is 1.68. The molecule has 0 fully saturated rings. The number of fused-ring (bicyclic) bond motifs is 1. The van der Waals surface area contributed by atoms with Gasteiger partial charge in [-0.05, 0) is 30.7 Å². The summed E-state index contributed by atoms with van der Waals surface area (Å²) in [4.78, 5) is 3.15. The van der Waals surface area contributed by atoms with Crippen molar-refractivity contribution < 1.29 is 4.74 Å². The van der Waals surface area contributed by atoms with E-state index in [-0.39, 0.29) is 0 Å². The van der Waals surface area contributed by atoms with Crippen molar-refractivity contribution in [2.24, 2.45) is 5.73 Å². The van der Waals surface area contributed by atoms with Crippen LogP contribution in [-0.2, 0) is 6.42 Å². The minimum absolute atomic E-state index is 0.614. The van der Waals surface area contributed by atoms with Crippen molar-refractivity contribution in [2.75, 3.05) is 13.7 Å². The number of hydrogen-bond donors (Lipinski definition) is 2. The van der Waals surface area contributed by atoms with E-state index in [0.717, 1.165) is 28.6 Å². The minimum atomic E-state index is 0.614. The Balaban J connectivity index is 2.69. The van der Waals surface area contributed by atoms with Crippen molar-refractivity contribution in [3.05, 3.63) is 28.9 Å². The van der Waals surface area contributed by atoms with E-state index in [1.807, 2.05) is 18.3 Å². The van der Waals surface area contributed by atoms with E-state index in [9.17, 15) is 0 Å². The Morgan fingerprint density at radius 3 is 2.93 bits per heavy atom. The molecule has 0 aliphatic carbocycles. The van der Waals surface area contributed by atoms with Crippen molar-refractivity contribution in [3.63, 3.8) is 0 Å². The molecule has 0 unspecified atom stereocenters. The summed E-state index contributed by atoms with van der Waals surface area (Å²) >= 11 is 6.08. The van der Waals surface area contributed by atoms with Crippen LogP contribution in [0.3, 0.4) is 0 Å². The van der Waals surface area contributed by atoms with E-state index in [4.69, 9.17) is 22.1 Å². The summed E-state index contributed by atoms with van der Waals surface area (Å²) in [6, 6.07) is 3.70.